The first-order chi connectivity index (χ1) is 12.0. The summed E-state index contributed by atoms with van der Waals surface area (Å²) < 4.78 is 18.4. The molecule has 2 aromatic carbocycles. The number of carbonyl (C=O) groups excluding carboxylic acids is 2. The van der Waals surface area contributed by atoms with Crippen LogP contribution in [-0.2, 0) is 16.1 Å². The zero-order valence-electron chi connectivity index (χ0n) is 13.5. The van der Waals surface area contributed by atoms with Gasteiger partial charge in [0, 0.05) is 24.7 Å². The molecule has 0 saturated carbocycles. The second-order valence-corrected chi connectivity index (χ2v) is 6.00. The number of methoxy groups -OCH3 is 1. The summed E-state index contributed by atoms with van der Waals surface area (Å²) >= 11 is 6.01. The summed E-state index contributed by atoms with van der Waals surface area (Å²) in [6.07, 6.45) is 0. The Labute approximate surface area is 149 Å². The van der Waals surface area contributed by atoms with Crippen molar-refractivity contribution in [2.45, 2.75) is 6.54 Å². The Hall–Kier alpha value is -2.60. The van der Waals surface area contributed by atoms with Crippen LogP contribution in [0.25, 0.3) is 0 Å². The highest BCUT2D eigenvalue weighted by molar-refractivity contribution is 6.41. The van der Waals surface area contributed by atoms with Gasteiger partial charge in [-0.25, -0.2) is 4.39 Å². The van der Waals surface area contributed by atoms with E-state index in [0.29, 0.717) is 30.1 Å². The Morgan fingerprint density at radius 3 is 2.60 bits per heavy atom. The van der Waals surface area contributed by atoms with E-state index in [0.717, 1.165) is 0 Å². The number of benzene rings is 2. The normalized spacial score (nSPS) is 14.8. The minimum atomic E-state index is -0.631. The van der Waals surface area contributed by atoms with E-state index >= 15 is 0 Å². The molecule has 0 aliphatic carbocycles. The Morgan fingerprint density at radius 1 is 1.12 bits per heavy atom. The largest absolute Gasteiger partial charge is 0.495 e. The van der Waals surface area contributed by atoms with Crippen LogP contribution in [0.3, 0.4) is 0 Å². The highest BCUT2D eigenvalue weighted by Crippen LogP contribution is 2.29. The molecule has 1 aliphatic heterocycles. The van der Waals surface area contributed by atoms with Crippen LogP contribution >= 0.6 is 11.6 Å². The van der Waals surface area contributed by atoms with Gasteiger partial charge in [-0.05, 0) is 29.8 Å². The fraction of sp³-hybridized carbons (Fsp3) is 0.222. The molecule has 0 unspecified atom stereocenters. The van der Waals surface area contributed by atoms with E-state index in [4.69, 9.17) is 16.3 Å². The molecule has 130 valence electrons. The zero-order chi connectivity index (χ0) is 18.0. The van der Waals surface area contributed by atoms with Gasteiger partial charge < -0.3 is 9.64 Å². The van der Waals surface area contributed by atoms with Crippen LogP contribution in [0.1, 0.15) is 5.56 Å². The molecule has 0 aromatic heterocycles. The van der Waals surface area contributed by atoms with Crippen molar-refractivity contribution < 1.29 is 18.7 Å². The highest BCUT2D eigenvalue weighted by Gasteiger charge is 2.34. The van der Waals surface area contributed by atoms with Crippen molar-refractivity contribution in [1.29, 1.82) is 0 Å². The Bertz CT molecular complexity index is 828. The SMILES string of the molecule is COc1ccccc1N1CCN(Cc2ccc(F)cc2Cl)C(=O)C1=O. The number of halogens is 2. The second kappa shape index (κ2) is 7.11. The summed E-state index contributed by atoms with van der Waals surface area (Å²) in [6, 6.07) is 11.0. The Morgan fingerprint density at radius 2 is 1.88 bits per heavy atom. The number of nitrogens with zero attached hydrogens (tertiary/aromatic N) is 2. The van der Waals surface area contributed by atoms with Gasteiger partial charge in [-0.1, -0.05) is 29.8 Å². The van der Waals surface area contributed by atoms with E-state index in [1.165, 1.54) is 35.1 Å². The quantitative estimate of drug-likeness (QED) is 0.786. The van der Waals surface area contributed by atoms with Crippen molar-refractivity contribution >= 4 is 29.1 Å². The third kappa shape index (κ3) is 3.44. The smallest absolute Gasteiger partial charge is 0.316 e. The highest BCUT2D eigenvalue weighted by atomic mass is 35.5. The predicted octanol–water partition coefficient (Wildman–Crippen LogP) is 2.86. The fourth-order valence-corrected chi connectivity index (χ4v) is 2.99. The van der Waals surface area contributed by atoms with E-state index < -0.39 is 17.6 Å². The van der Waals surface area contributed by atoms with Gasteiger partial charge in [-0.2, -0.15) is 0 Å². The third-order valence-electron chi connectivity index (χ3n) is 4.06. The summed E-state index contributed by atoms with van der Waals surface area (Å²) in [5, 5.41) is 0.229. The maximum atomic E-state index is 13.1. The first-order valence-corrected chi connectivity index (χ1v) is 8.06. The molecule has 5 nitrogen and oxygen atoms in total. The number of anilines is 1. The summed E-state index contributed by atoms with van der Waals surface area (Å²) in [6.45, 7) is 0.837. The van der Waals surface area contributed by atoms with E-state index in [1.54, 1.807) is 24.3 Å². The third-order valence-corrected chi connectivity index (χ3v) is 4.41. The first kappa shape index (κ1) is 17.2. The number of para-hydroxylation sites is 2. The van der Waals surface area contributed by atoms with Gasteiger partial charge in [0.15, 0.2) is 0 Å². The number of amides is 2. The standard InChI is InChI=1S/C18H16ClFN2O3/c1-25-16-5-3-2-4-15(16)22-9-8-21(17(23)18(22)24)11-12-6-7-13(20)10-14(12)19/h2-7,10H,8-9,11H2,1H3. The minimum Gasteiger partial charge on any atom is -0.495 e. The van der Waals surface area contributed by atoms with E-state index in [9.17, 15) is 14.0 Å². The van der Waals surface area contributed by atoms with Crippen LogP contribution in [0.15, 0.2) is 42.5 Å². The average Bonchev–Trinajstić information content (AvgIpc) is 2.61. The molecule has 0 bridgehead atoms. The average molecular weight is 363 g/mol. The maximum absolute atomic E-state index is 13.1. The van der Waals surface area contributed by atoms with Crippen molar-refractivity contribution in [2.75, 3.05) is 25.1 Å². The van der Waals surface area contributed by atoms with Gasteiger partial charge in [-0.15, -0.1) is 0 Å². The van der Waals surface area contributed by atoms with Crippen LogP contribution in [0.5, 0.6) is 5.75 Å². The van der Waals surface area contributed by atoms with Crippen molar-refractivity contribution in [3.63, 3.8) is 0 Å². The number of rotatable bonds is 4. The van der Waals surface area contributed by atoms with E-state index in [1.807, 2.05) is 0 Å². The molecule has 0 N–H and O–H groups in total. The van der Waals surface area contributed by atoms with Crippen LogP contribution < -0.4 is 9.64 Å². The molecule has 2 amide bonds. The fourth-order valence-electron chi connectivity index (χ4n) is 2.76. The van der Waals surface area contributed by atoms with Gasteiger partial charge in [0.1, 0.15) is 11.6 Å². The van der Waals surface area contributed by atoms with Gasteiger partial charge in [0.05, 0.1) is 12.8 Å². The Balaban J connectivity index is 1.79. The first-order valence-electron chi connectivity index (χ1n) is 7.69. The van der Waals surface area contributed by atoms with Gasteiger partial charge in [0.2, 0.25) is 0 Å². The van der Waals surface area contributed by atoms with E-state index in [2.05, 4.69) is 0 Å². The minimum absolute atomic E-state index is 0.156. The zero-order valence-corrected chi connectivity index (χ0v) is 14.3. The number of carbonyl (C=O) groups is 2. The molecule has 1 aliphatic rings. The van der Waals surface area contributed by atoms with Crippen molar-refractivity contribution in [3.05, 3.63) is 58.9 Å². The molecule has 25 heavy (non-hydrogen) atoms. The lowest BCUT2D eigenvalue weighted by Crippen LogP contribution is -2.54. The molecule has 1 fully saturated rings. The van der Waals surface area contributed by atoms with Crippen molar-refractivity contribution in [1.82, 2.24) is 4.90 Å². The van der Waals surface area contributed by atoms with Crippen LogP contribution in [0.2, 0.25) is 5.02 Å². The topological polar surface area (TPSA) is 49.9 Å². The lowest BCUT2D eigenvalue weighted by Gasteiger charge is -2.34. The molecular weight excluding hydrogens is 347 g/mol. The molecule has 2 aromatic rings. The molecule has 3 rings (SSSR count). The number of ether oxygens (including phenoxy) is 1. The lowest BCUT2D eigenvalue weighted by atomic mass is 10.1. The van der Waals surface area contributed by atoms with E-state index in [-0.39, 0.29) is 11.6 Å². The summed E-state index contributed by atoms with van der Waals surface area (Å²) in [7, 11) is 1.51. The van der Waals surface area contributed by atoms with Crippen molar-refractivity contribution in [3.8, 4) is 5.75 Å². The lowest BCUT2D eigenvalue weighted by molar-refractivity contribution is -0.146. The van der Waals surface area contributed by atoms with Gasteiger partial charge >= 0.3 is 11.8 Å². The second-order valence-electron chi connectivity index (χ2n) is 5.59. The van der Waals surface area contributed by atoms with Crippen molar-refractivity contribution in [2.24, 2.45) is 0 Å². The molecule has 0 spiro atoms. The maximum Gasteiger partial charge on any atom is 0.316 e. The molecule has 7 heteroatoms. The number of hydrogen-bond acceptors (Lipinski definition) is 3. The van der Waals surface area contributed by atoms with Crippen LogP contribution in [0.4, 0.5) is 10.1 Å². The summed E-state index contributed by atoms with van der Waals surface area (Å²) in [5.41, 5.74) is 1.15. The number of piperazine rings is 1. The van der Waals surface area contributed by atoms with Gasteiger partial charge in [0.25, 0.3) is 0 Å². The predicted molar refractivity (Wildman–Crippen MR) is 92.2 cm³/mol. The molecule has 1 saturated heterocycles. The molecule has 0 atom stereocenters. The summed E-state index contributed by atoms with van der Waals surface area (Å²) in [5.74, 6) is -1.18. The van der Waals surface area contributed by atoms with Crippen LogP contribution in [0, 0.1) is 5.82 Å². The number of hydrogen-bond donors (Lipinski definition) is 0. The van der Waals surface area contributed by atoms with Gasteiger partial charge in [-0.3, -0.25) is 14.5 Å². The Kier molecular flexibility index (Phi) is 4.90. The molecule has 0 radical (unpaired) electrons. The van der Waals surface area contributed by atoms with Crippen LogP contribution in [-0.4, -0.2) is 36.9 Å². The summed E-state index contributed by atoms with van der Waals surface area (Å²) in [4.78, 5) is 27.8. The molecule has 1 heterocycles. The monoisotopic (exact) mass is 362 g/mol. The molecular formula is C18H16ClFN2O3.